The summed E-state index contributed by atoms with van der Waals surface area (Å²) in [5, 5.41) is 11.9. The highest BCUT2D eigenvalue weighted by Gasteiger charge is 2.19. The van der Waals surface area contributed by atoms with Crippen molar-refractivity contribution in [2.75, 3.05) is 0 Å². The average Bonchev–Trinajstić information content (AvgIpc) is 2.55. The van der Waals surface area contributed by atoms with Gasteiger partial charge in [0.15, 0.2) is 0 Å². The molecule has 0 aliphatic carbocycles. The molecule has 0 unspecified atom stereocenters. The van der Waals surface area contributed by atoms with Crippen LogP contribution in [0, 0.1) is 0 Å². The Morgan fingerprint density at radius 1 is 1.04 bits per heavy atom. The summed E-state index contributed by atoms with van der Waals surface area (Å²) < 4.78 is 0. The minimum Gasteiger partial charge on any atom is -0.480 e. The number of amides is 1. The number of aryl methyl sites for hydroxylation is 1. The molecule has 2 N–H and O–H groups in total. The van der Waals surface area contributed by atoms with Crippen LogP contribution in [0.4, 0.5) is 0 Å². The van der Waals surface area contributed by atoms with Gasteiger partial charge in [0.2, 0.25) is 5.91 Å². The van der Waals surface area contributed by atoms with Crippen LogP contribution in [0.1, 0.15) is 63.9 Å². The molecule has 128 valence electrons. The standard InChI is InChI=1S/C19H29NO3/c1-2-3-4-5-6-10-13-17(19(22)23)20-18(21)15-14-16-11-8-7-9-12-16/h7-9,11-12,17H,2-6,10,13-15H2,1H3,(H,20,21)(H,22,23)/t17-/m0/s1. The van der Waals surface area contributed by atoms with Crippen molar-refractivity contribution in [3.05, 3.63) is 35.9 Å². The van der Waals surface area contributed by atoms with E-state index in [-0.39, 0.29) is 5.91 Å². The van der Waals surface area contributed by atoms with Crippen molar-refractivity contribution in [2.45, 2.75) is 70.8 Å². The molecule has 0 fully saturated rings. The van der Waals surface area contributed by atoms with E-state index in [2.05, 4.69) is 12.2 Å². The van der Waals surface area contributed by atoms with Crippen molar-refractivity contribution >= 4 is 11.9 Å². The van der Waals surface area contributed by atoms with Crippen LogP contribution < -0.4 is 5.32 Å². The lowest BCUT2D eigenvalue weighted by atomic mass is 10.0. The smallest absolute Gasteiger partial charge is 0.326 e. The zero-order chi connectivity index (χ0) is 16.9. The molecule has 0 saturated heterocycles. The molecule has 0 radical (unpaired) electrons. The molecule has 0 aromatic heterocycles. The second-order valence-corrected chi connectivity index (χ2v) is 6.00. The Hall–Kier alpha value is -1.84. The van der Waals surface area contributed by atoms with Crippen molar-refractivity contribution in [3.63, 3.8) is 0 Å². The first kappa shape index (κ1) is 19.2. The second-order valence-electron chi connectivity index (χ2n) is 6.00. The van der Waals surface area contributed by atoms with E-state index in [1.165, 1.54) is 19.3 Å². The van der Waals surface area contributed by atoms with E-state index in [4.69, 9.17) is 0 Å². The number of carbonyl (C=O) groups is 2. The summed E-state index contributed by atoms with van der Waals surface area (Å²) in [6, 6.07) is 8.99. The van der Waals surface area contributed by atoms with Crippen LogP contribution in [0.5, 0.6) is 0 Å². The number of aliphatic carboxylic acids is 1. The van der Waals surface area contributed by atoms with Gasteiger partial charge in [0.05, 0.1) is 0 Å². The highest BCUT2D eigenvalue weighted by atomic mass is 16.4. The van der Waals surface area contributed by atoms with Crippen LogP contribution in [-0.4, -0.2) is 23.0 Å². The molecule has 0 bridgehead atoms. The normalized spacial score (nSPS) is 11.9. The molecule has 1 rings (SSSR count). The molecule has 0 heterocycles. The molecule has 1 amide bonds. The lowest BCUT2D eigenvalue weighted by molar-refractivity contribution is -0.142. The summed E-state index contributed by atoms with van der Waals surface area (Å²) in [5.74, 6) is -1.13. The fourth-order valence-electron chi connectivity index (χ4n) is 2.56. The Labute approximate surface area is 139 Å². The van der Waals surface area contributed by atoms with Crippen LogP contribution in [0.25, 0.3) is 0 Å². The Bertz CT molecular complexity index is 459. The number of carboxylic acids is 1. The fourth-order valence-corrected chi connectivity index (χ4v) is 2.56. The second kappa shape index (κ2) is 11.7. The Morgan fingerprint density at radius 3 is 2.35 bits per heavy atom. The number of unbranched alkanes of at least 4 members (excludes halogenated alkanes) is 5. The van der Waals surface area contributed by atoms with Gasteiger partial charge in [-0.05, 0) is 18.4 Å². The summed E-state index contributed by atoms with van der Waals surface area (Å²) in [5.41, 5.74) is 1.09. The third-order valence-corrected chi connectivity index (χ3v) is 3.96. The van der Waals surface area contributed by atoms with Gasteiger partial charge in [0.1, 0.15) is 6.04 Å². The lowest BCUT2D eigenvalue weighted by Crippen LogP contribution is -2.40. The topological polar surface area (TPSA) is 66.4 Å². The quantitative estimate of drug-likeness (QED) is 0.573. The number of hydrogen-bond acceptors (Lipinski definition) is 2. The molecule has 0 spiro atoms. The van der Waals surface area contributed by atoms with Crippen molar-refractivity contribution in [2.24, 2.45) is 0 Å². The van der Waals surface area contributed by atoms with E-state index in [9.17, 15) is 14.7 Å². The number of nitrogens with one attached hydrogen (secondary N) is 1. The van der Waals surface area contributed by atoms with E-state index in [0.29, 0.717) is 19.3 Å². The third kappa shape index (κ3) is 9.01. The van der Waals surface area contributed by atoms with Crippen LogP contribution in [0.2, 0.25) is 0 Å². The van der Waals surface area contributed by atoms with Crippen molar-refractivity contribution < 1.29 is 14.7 Å². The zero-order valence-corrected chi connectivity index (χ0v) is 14.1. The first-order valence-electron chi connectivity index (χ1n) is 8.69. The predicted molar refractivity (Wildman–Crippen MR) is 92.3 cm³/mol. The molecule has 4 heteroatoms. The molecular formula is C19H29NO3. The predicted octanol–water partition coefficient (Wildman–Crippen LogP) is 3.94. The zero-order valence-electron chi connectivity index (χ0n) is 14.1. The minimum atomic E-state index is -0.938. The maximum atomic E-state index is 11.9. The first-order valence-corrected chi connectivity index (χ1v) is 8.69. The van der Waals surface area contributed by atoms with Crippen LogP contribution in [0.15, 0.2) is 30.3 Å². The third-order valence-electron chi connectivity index (χ3n) is 3.96. The molecular weight excluding hydrogens is 290 g/mol. The van der Waals surface area contributed by atoms with Gasteiger partial charge in [-0.3, -0.25) is 4.79 Å². The Kier molecular flexibility index (Phi) is 9.76. The fraction of sp³-hybridized carbons (Fsp3) is 0.579. The van der Waals surface area contributed by atoms with E-state index >= 15 is 0 Å². The van der Waals surface area contributed by atoms with Crippen molar-refractivity contribution in [1.82, 2.24) is 5.32 Å². The molecule has 4 nitrogen and oxygen atoms in total. The molecule has 0 aliphatic rings. The largest absolute Gasteiger partial charge is 0.480 e. The number of hydrogen-bond donors (Lipinski definition) is 2. The highest BCUT2D eigenvalue weighted by molar-refractivity contribution is 5.83. The summed E-state index contributed by atoms with van der Waals surface area (Å²) in [6.07, 6.45) is 8.13. The van der Waals surface area contributed by atoms with E-state index in [1.807, 2.05) is 30.3 Å². The van der Waals surface area contributed by atoms with Crippen LogP contribution in [0.3, 0.4) is 0 Å². The van der Waals surface area contributed by atoms with Gasteiger partial charge < -0.3 is 10.4 Å². The summed E-state index contributed by atoms with van der Waals surface area (Å²) >= 11 is 0. The highest BCUT2D eigenvalue weighted by Crippen LogP contribution is 2.09. The van der Waals surface area contributed by atoms with Gasteiger partial charge in [0.25, 0.3) is 0 Å². The lowest BCUT2D eigenvalue weighted by Gasteiger charge is -2.14. The van der Waals surface area contributed by atoms with Gasteiger partial charge in [-0.2, -0.15) is 0 Å². The summed E-state index contributed by atoms with van der Waals surface area (Å²) in [4.78, 5) is 23.2. The molecule has 1 atom stereocenters. The summed E-state index contributed by atoms with van der Waals surface area (Å²) in [6.45, 7) is 2.17. The average molecular weight is 319 g/mol. The van der Waals surface area contributed by atoms with Gasteiger partial charge in [-0.25, -0.2) is 4.79 Å². The molecule has 23 heavy (non-hydrogen) atoms. The number of rotatable bonds is 12. The van der Waals surface area contributed by atoms with E-state index < -0.39 is 12.0 Å². The summed E-state index contributed by atoms with van der Waals surface area (Å²) in [7, 11) is 0. The molecule has 0 aliphatic heterocycles. The van der Waals surface area contributed by atoms with Crippen molar-refractivity contribution in [1.29, 1.82) is 0 Å². The number of carboxylic acid groups (broad SMARTS) is 1. The maximum Gasteiger partial charge on any atom is 0.326 e. The monoisotopic (exact) mass is 319 g/mol. The SMILES string of the molecule is CCCCCCCC[C@H](NC(=O)CCc1ccccc1)C(=O)O. The maximum absolute atomic E-state index is 11.9. The Balaban J connectivity index is 2.25. The number of benzene rings is 1. The van der Waals surface area contributed by atoms with Gasteiger partial charge >= 0.3 is 5.97 Å². The molecule has 0 saturated carbocycles. The number of carbonyl (C=O) groups excluding carboxylic acids is 1. The van der Waals surface area contributed by atoms with Crippen molar-refractivity contribution in [3.8, 4) is 0 Å². The first-order chi connectivity index (χ1) is 11.1. The molecule has 1 aromatic rings. The van der Waals surface area contributed by atoms with Gasteiger partial charge in [-0.15, -0.1) is 0 Å². The van der Waals surface area contributed by atoms with Gasteiger partial charge in [-0.1, -0.05) is 75.8 Å². The molecule has 1 aromatic carbocycles. The van der Waals surface area contributed by atoms with Crippen LogP contribution in [-0.2, 0) is 16.0 Å². The van der Waals surface area contributed by atoms with Crippen LogP contribution >= 0.6 is 0 Å². The van der Waals surface area contributed by atoms with Gasteiger partial charge in [0, 0.05) is 6.42 Å². The Morgan fingerprint density at radius 2 is 1.70 bits per heavy atom. The van der Waals surface area contributed by atoms with E-state index in [1.54, 1.807) is 0 Å². The van der Waals surface area contributed by atoms with E-state index in [0.717, 1.165) is 24.8 Å². The minimum absolute atomic E-state index is 0.188.